The summed E-state index contributed by atoms with van der Waals surface area (Å²) in [5.74, 6) is 2.28. The van der Waals surface area contributed by atoms with Crippen molar-refractivity contribution < 1.29 is 9.47 Å². The number of H-pyrrole nitrogens is 1. The van der Waals surface area contributed by atoms with E-state index in [1.807, 2.05) is 24.3 Å². The monoisotopic (exact) mass is 269 g/mol. The molecule has 0 bridgehead atoms. The van der Waals surface area contributed by atoms with Gasteiger partial charge in [-0.05, 0) is 17.7 Å². The Morgan fingerprint density at radius 3 is 2.45 bits per heavy atom. The van der Waals surface area contributed by atoms with Crippen LogP contribution in [0.5, 0.6) is 11.5 Å². The maximum absolute atomic E-state index is 5.29. The number of hydrogen-bond donors (Lipinski definition) is 1. The van der Waals surface area contributed by atoms with Gasteiger partial charge >= 0.3 is 0 Å². The van der Waals surface area contributed by atoms with Crippen LogP contribution in [0, 0.1) is 0 Å². The van der Waals surface area contributed by atoms with Crippen LogP contribution < -0.4 is 9.47 Å². The Bertz CT molecular complexity index is 682. The Kier molecular flexibility index (Phi) is 3.25. The Hall–Kier alpha value is -2.56. The molecule has 5 nitrogen and oxygen atoms in total. The van der Waals surface area contributed by atoms with E-state index < -0.39 is 0 Å². The molecule has 1 aromatic carbocycles. The molecule has 0 aliphatic carbocycles. The van der Waals surface area contributed by atoms with Gasteiger partial charge in [-0.1, -0.05) is 0 Å². The van der Waals surface area contributed by atoms with E-state index in [1.165, 1.54) is 0 Å². The van der Waals surface area contributed by atoms with Crippen molar-refractivity contribution in [3.05, 3.63) is 48.0 Å². The lowest BCUT2D eigenvalue weighted by Gasteiger charge is -2.06. The van der Waals surface area contributed by atoms with Gasteiger partial charge in [-0.2, -0.15) is 0 Å². The molecule has 0 spiro atoms. The van der Waals surface area contributed by atoms with Gasteiger partial charge in [0.1, 0.15) is 5.82 Å². The summed E-state index contributed by atoms with van der Waals surface area (Å²) in [7, 11) is 3.24. The molecule has 0 unspecified atom stereocenters. The Balaban J connectivity index is 1.98. The summed E-state index contributed by atoms with van der Waals surface area (Å²) < 4.78 is 10.6. The summed E-state index contributed by atoms with van der Waals surface area (Å²) in [5.41, 5.74) is 2.97. The van der Waals surface area contributed by atoms with Crippen LogP contribution in [0.25, 0.3) is 11.0 Å². The van der Waals surface area contributed by atoms with E-state index >= 15 is 0 Å². The number of benzene rings is 1. The van der Waals surface area contributed by atoms with Crippen molar-refractivity contribution in [2.24, 2.45) is 0 Å². The predicted molar refractivity (Wildman–Crippen MR) is 76.2 cm³/mol. The fourth-order valence-electron chi connectivity index (χ4n) is 2.17. The highest BCUT2D eigenvalue weighted by Gasteiger charge is 2.10. The molecule has 5 heteroatoms. The molecule has 0 saturated carbocycles. The Morgan fingerprint density at radius 1 is 1.05 bits per heavy atom. The smallest absolute Gasteiger partial charge is 0.163 e. The molecular weight excluding hydrogens is 254 g/mol. The number of aromatic amines is 1. The van der Waals surface area contributed by atoms with Crippen molar-refractivity contribution >= 4 is 11.0 Å². The molecule has 1 N–H and O–H groups in total. The summed E-state index contributed by atoms with van der Waals surface area (Å²) in [6, 6.07) is 7.74. The van der Waals surface area contributed by atoms with E-state index in [4.69, 9.17) is 9.47 Å². The molecule has 102 valence electrons. The normalized spacial score (nSPS) is 10.7. The van der Waals surface area contributed by atoms with Gasteiger partial charge in [0.15, 0.2) is 11.5 Å². The van der Waals surface area contributed by atoms with E-state index in [0.29, 0.717) is 11.5 Å². The fourth-order valence-corrected chi connectivity index (χ4v) is 2.17. The van der Waals surface area contributed by atoms with Crippen LogP contribution in [0.3, 0.4) is 0 Å². The van der Waals surface area contributed by atoms with Gasteiger partial charge in [0, 0.05) is 30.9 Å². The van der Waals surface area contributed by atoms with E-state index in [0.717, 1.165) is 28.8 Å². The minimum Gasteiger partial charge on any atom is -0.493 e. The molecule has 0 atom stereocenters. The standard InChI is InChI=1S/C15H15N3O2/c1-19-13-8-11-12(9-14(13)20-2)18-15(17-11)7-10-3-5-16-6-4-10/h3-6,8-9H,7H2,1-2H3,(H,17,18). The molecule has 3 rings (SSSR count). The van der Waals surface area contributed by atoms with E-state index in [9.17, 15) is 0 Å². The lowest BCUT2D eigenvalue weighted by Crippen LogP contribution is -1.90. The Labute approximate surface area is 116 Å². The number of methoxy groups -OCH3 is 2. The fraction of sp³-hybridized carbons (Fsp3) is 0.200. The van der Waals surface area contributed by atoms with Crippen LogP contribution in [0.2, 0.25) is 0 Å². The van der Waals surface area contributed by atoms with Gasteiger partial charge < -0.3 is 14.5 Å². The third-order valence-electron chi connectivity index (χ3n) is 3.16. The molecule has 0 radical (unpaired) electrons. The average Bonchev–Trinajstić information content (AvgIpc) is 2.87. The lowest BCUT2D eigenvalue weighted by molar-refractivity contribution is 0.356. The van der Waals surface area contributed by atoms with E-state index in [1.54, 1.807) is 26.6 Å². The third kappa shape index (κ3) is 2.30. The number of aromatic nitrogens is 3. The first kappa shape index (κ1) is 12.5. The molecule has 0 aliphatic heterocycles. The first-order chi connectivity index (χ1) is 9.80. The minimum atomic E-state index is 0.682. The number of nitrogens with one attached hydrogen (secondary N) is 1. The van der Waals surface area contributed by atoms with Gasteiger partial charge in [0.25, 0.3) is 0 Å². The number of hydrogen-bond acceptors (Lipinski definition) is 4. The molecular formula is C15H15N3O2. The topological polar surface area (TPSA) is 60.0 Å². The summed E-state index contributed by atoms with van der Waals surface area (Å²) in [5, 5.41) is 0. The molecule has 2 heterocycles. The lowest BCUT2D eigenvalue weighted by atomic mass is 10.2. The zero-order valence-electron chi connectivity index (χ0n) is 11.4. The number of imidazole rings is 1. The number of nitrogens with zero attached hydrogens (tertiary/aromatic N) is 2. The quantitative estimate of drug-likeness (QED) is 0.790. The van der Waals surface area contributed by atoms with Crippen LogP contribution in [0.4, 0.5) is 0 Å². The highest BCUT2D eigenvalue weighted by Crippen LogP contribution is 2.31. The third-order valence-corrected chi connectivity index (χ3v) is 3.16. The zero-order chi connectivity index (χ0) is 13.9. The summed E-state index contributed by atoms with van der Waals surface area (Å²) in [6.45, 7) is 0. The maximum Gasteiger partial charge on any atom is 0.163 e. The van der Waals surface area contributed by atoms with Crippen LogP contribution in [-0.4, -0.2) is 29.2 Å². The SMILES string of the molecule is COc1cc2nc(Cc3ccncc3)[nH]c2cc1OC. The van der Waals surface area contributed by atoms with Gasteiger partial charge in [-0.25, -0.2) is 4.98 Å². The maximum atomic E-state index is 5.29. The second kappa shape index (κ2) is 5.21. The summed E-state index contributed by atoms with van der Waals surface area (Å²) in [6.07, 6.45) is 4.30. The van der Waals surface area contributed by atoms with Gasteiger partial charge in [-0.3, -0.25) is 4.98 Å². The van der Waals surface area contributed by atoms with Crippen molar-refractivity contribution in [3.8, 4) is 11.5 Å². The van der Waals surface area contributed by atoms with Crippen LogP contribution >= 0.6 is 0 Å². The number of ether oxygens (including phenoxy) is 2. The first-order valence-corrected chi connectivity index (χ1v) is 6.29. The second-order valence-electron chi connectivity index (χ2n) is 4.44. The summed E-state index contributed by atoms with van der Waals surface area (Å²) in [4.78, 5) is 11.9. The van der Waals surface area contributed by atoms with Crippen molar-refractivity contribution in [2.75, 3.05) is 14.2 Å². The van der Waals surface area contributed by atoms with E-state index in [2.05, 4.69) is 15.0 Å². The van der Waals surface area contributed by atoms with Crippen LogP contribution in [0.15, 0.2) is 36.7 Å². The van der Waals surface area contributed by atoms with Crippen molar-refractivity contribution in [1.82, 2.24) is 15.0 Å². The highest BCUT2D eigenvalue weighted by molar-refractivity contribution is 5.79. The first-order valence-electron chi connectivity index (χ1n) is 6.29. The van der Waals surface area contributed by atoms with Crippen molar-refractivity contribution in [3.63, 3.8) is 0 Å². The molecule has 3 aromatic rings. The van der Waals surface area contributed by atoms with E-state index in [-0.39, 0.29) is 0 Å². The minimum absolute atomic E-state index is 0.682. The van der Waals surface area contributed by atoms with Gasteiger partial charge in [0.2, 0.25) is 0 Å². The number of fused-ring (bicyclic) bond motifs is 1. The molecule has 0 aliphatic rings. The molecule has 0 fully saturated rings. The molecule has 20 heavy (non-hydrogen) atoms. The number of pyridine rings is 1. The Morgan fingerprint density at radius 2 is 1.75 bits per heavy atom. The largest absolute Gasteiger partial charge is 0.493 e. The van der Waals surface area contributed by atoms with Crippen LogP contribution in [-0.2, 0) is 6.42 Å². The zero-order valence-corrected chi connectivity index (χ0v) is 11.4. The second-order valence-corrected chi connectivity index (χ2v) is 4.44. The average molecular weight is 269 g/mol. The molecule has 0 amide bonds. The molecule has 0 saturated heterocycles. The van der Waals surface area contributed by atoms with Gasteiger partial charge in [-0.15, -0.1) is 0 Å². The number of rotatable bonds is 4. The van der Waals surface area contributed by atoms with Crippen LogP contribution in [0.1, 0.15) is 11.4 Å². The molecule has 2 aromatic heterocycles. The highest BCUT2D eigenvalue weighted by atomic mass is 16.5. The van der Waals surface area contributed by atoms with Crippen molar-refractivity contribution in [1.29, 1.82) is 0 Å². The van der Waals surface area contributed by atoms with Crippen molar-refractivity contribution in [2.45, 2.75) is 6.42 Å². The summed E-state index contributed by atoms with van der Waals surface area (Å²) >= 11 is 0. The predicted octanol–water partition coefficient (Wildman–Crippen LogP) is 2.57. The van der Waals surface area contributed by atoms with Gasteiger partial charge in [0.05, 0.1) is 25.3 Å².